The van der Waals surface area contributed by atoms with Crippen LogP contribution in [0.1, 0.15) is 41.4 Å². The van der Waals surface area contributed by atoms with Crippen molar-refractivity contribution in [2.75, 3.05) is 13.1 Å². The molecule has 7 heteroatoms. The van der Waals surface area contributed by atoms with Crippen LogP contribution in [0.2, 0.25) is 0 Å². The number of halogens is 4. The standard InChI is InChI=1S/C14H16F4N2O/c1-13(15)2-4-20(5-3-13)8-10-6-11(14(16,17)18)12(9-21)19-7-10/h6-7,9H,2-5,8H2,1H3. The number of hydrogen-bond donors (Lipinski definition) is 0. The van der Waals surface area contributed by atoms with E-state index in [1.807, 2.05) is 4.90 Å². The van der Waals surface area contributed by atoms with Crippen molar-refractivity contribution in [2.45, 2.75) is 38.2 Å². The number of piperidine rings is 1. The van der Waals surface area contributed by atoms with Crippen LogP contribution in [0, 0.1) is 0 Å². The summed E-state index contributed by atoms with van der Waals surface area (Å²) in [7, 11) is 0. The summed E-state index contributed by atoms with van der Waals surface area (Å²) >= 11 is 0. The van der Waals surface area contributed by atoms with Gasteiger partial charge in [-0.2, -0.15) is 13.2 Å². The van der Waals surface area contributed by atoms with Crippen LogP contribution >= 0.6 is 0 Å². The van der Waals surface area contributed by atoms with Gasteiger partial charge >= 0.3 is 6.18 Å². The first-order valence-electron chi connectivity index (χ1n) is 6.64. The van der Waals surface area contributed by atoms with Crippen molar-refractivity contribution < 1.29 is 22.4 Å². The quantitative estimate of drug-likeness (QED) is 0.635. The number of hydrogen-bond acceptors (Lipinski definition) is 3. The molecule has 3 nitrogen and oxygen atoms in total. The Kier molecular flexibility index (Phi) is 4.32. The minimum absolute atomic E-state index is 0.0992. The number of aromatic nitrogens is 1. The summed E-state index contributed by atoms with van der Waals surface area (Å²) in [6.07, 6.45) is -2.53. The first-order chi connectivity index (χ1) is 9.71. The highest BCUT2D eigenvalue weighted by Gasteiger charge is 2.35. The highest BCUT2D eigenvalue weighted by molar-refractivity contribution is 5.74. The highest BCUT2D eigenvalue weighted by atomic mass is 19.4. The lowest BCUT2D eigenvalue weighted by atomic mass is 9.95. The second-order valence-electron chi connectivity index (χ2n) is 5.58. The summed E-state index contributed by atoms with van der Waals surface area (Å²) in [6, 6.07) is 0.944. The fourth-order valence-corrected chi connectivity index (χ4v) is 2.36. The molecule has 1 fully saturated rings. The maximum atomic E-state index is 13.7. The van der Waals surface area contributed by atoms with Gasteiger partial charge in [0.1, 0.15) is 11.4 Å². The number of pyridine rings is 1. The number of carbonyl (C=O) groups is 1. The molecule has 0 aromatic carbocycles. The summed E-state index contributed by atoms with van der Waals surface area (Å²) in [5.74, 6) is 0. The van der Waals surface area contributed by atoms with Crippen LogP contribution in [0.25, 0.3) is 0 Å². The molecule has 0 unspecified atom stereocenters. The Bertz CT molecular complexity index is 518. The molecule has 0 N–H and O–H groups in total. The Hall–Kier alpha value is -1.50. The zero-order valence-corrected chi connectivity index (χ0v) is 11.6. The molecule has 0 amide bonds. The number of rotatable bonds is 3. The molecule has 1 saturated heterocycles. The Morgan fingerprint density at radius 2 is 2.00 bits per heavy atom. The Balaban J connectivity index is 2.13. The lowest BCUT2D eigenvalue weighted by Gasteiger charge is -2.34. The van der Waals surface area contributed by atoms with E-state index in [2.05, 4.69) is 4.98 Å². The molecule has 0 bridgehead atoms. The molecule has 2 heterocycles. The molecule has 1 aliphatic rings. The maximum Gasteiger partial charge on any atom is 0.418 e. The average Bonchev–Trinajstić information content (AvgIpc) is 2.40. The van der Waals surface area contributed by atoms with Gasteiger partial charge in [0, 0.05) is 25.8 Å². The molecule has 1 aromatic heterocycles. The number of nitrogens with zero attached hydrogens (tertiary/aromatic N) is 2. The Labute approximate surface area is 120 Å². The molecule has 0 atom stereocenters. The predicted octanol–water partition coefficient (Wildman–Crippen LogP) is 3.24. The van der Waals surface area contributed by atoms with Gasteiger partial charge < -0.3 is 0 Å². The molecule has 0 spiro atoms. The van der Waals surface area contributed by atoms with Gasteiger partial charge in [-0.05, 0) is 31.4 Å². The minimum Gasteiger partial charge on any atom is -0.299 e. The third-order valence-electron chi connectivity index (χ3n) is 3.70. The lowest BCUT2D eigenvalue weighted by Crippen LogP contribution is -2.39. The lowest BCUT2D eigenvalue weighted by molar-refractivity contribution is -0.138. The summed E-state index contributed by atoms with van der Waals surface area (Å²) in [5, 5.41) is 0. The molecule has 0 radical (unpaired) electrons. The second kappa shape index (κ2) is 5.71. The van der Waals surface area contributed by atoms with Crippen molar-refractivity contribution >= 4 is 6.29 Å². The molecule has 2 rings (SSSR count). The van der Waals surface area contributed by atoms with E-state index in [9.17, 15) is 22.4 Å². The summed E-state index contributed by atoms with van der Waals surface area (Å²) in [5.41, 5.74) is -2.47. The Morgan fingerprint density at radius 1 is 1.38 bits per heavy atom. The van der Waals surface area contributed by atoms with Gasteiger partial charge in [-0.25, -0.2) is 4.39 Å². The van der Waals surface area contributed by atoms with Gasteiger partial charge in [0.2, 0.25) is 0 Å². The molecular weight excluding hydrogens is 288 g/mol. The maximum absolute atomic E-state index is 13.7. The highest BCUT2D eigenvalue weighted by Crippen LogP contribution is 2.32. The average molecular weight is 304 g/mol. The van der Waals surface area contributed by atoms with E-state index >= 15 is 0 Å². The van der Waals surface area contributed by atoms with Crippen LogP contribution in [0.4, 0.5) is 17.6 Å². The molecule has 0 saturated carbocycles. The second-order valence-corrected chi connectivity index (χ2v) is 5.58. The van der Waals surface area contributed by atoms with E-state index in [0.29, 0.717) is 31.5 Å². The normalized spacial score (nSPS) is 19.5. The zero-order chi connectivity index (χ0) is 15.7. The molecule has 21 heavy (non-hydrogen) atoms. The SMILES string of the molecule is CC1(F)CCN(Cc2cnc(C=O)c(C(F)(F)F)c2)CC1. The predicted molar refractivity (Wildman–Crippen MR) is 68.7 cm³/mol. The van der Waals surface area contributed by atoms with Gasteiger partial charge in [-0.1, -0.05) is 0 Å². The van der Waals surface area contributed by atoms with Crippen molar-refractivity contribution in [2.24, 2.45) is 0 Å². The van der Waals surface area contributed by atoms with Crippen molar-refractivity contribution in [3.63, 3.8) is 0 Å². The van der Waals surface area contributed by atoms with Crippen LogP contribution in [0.5, 0.6) is 0 Å². The van der Waals surface area contributed by atoms with Gasteiger partial charge in [0.25, 0.3) is 0 Å². The third-order valence-corrected chi connectivity index (χ3v) is 3.70. The summed E-state index contributed by atoms with van der Waals surface area (Å²) < 4.78 is 52.2. The van der Waals surface area contributed by atoms with Gasteiger partial charge in [0.05, 0.1) is 5.56 Å². The third kappa shape index (κ3) is 4.00. The van der Waals surface area contributed by atoms with Gasteiger partial charge in [-0.3, -0.25) is 14.7 Å². The van der Waals surface area contributed by atoms with Crippen LogP contribution in [-0.4, -0.2) is 34.9 Å². The molecular formula is C14H16F4N2O. The van der Waals surface area contributed by atoms with Gasteiger partial charge in [-0.15, -0.1) is 0 Å². The van der Waals surface area contributed by atoms with Crippen molar-refractivity contribution in [1.82, 2.24) is 9.88 Å². The summed E-state index contributed by atoms with van der Waals surface area (Å²) in [6.45, 7) is 2.78. The van der Waals surface area contributed by atoms with E-state index in [4.69, 9.17) is 0 Å². The fourth-order valence-electron chi connectivity index (χ4n) is 2.36. The smallest absolute Gasteiger partial charge is 0.299 e. The van der Waals surface area contributed by atoms with Gasteiger partial charge in [0.15, 0.2) is 6.29 Å². The van der Waals surface area contributed by atoms with E-state index in [1.165, 1.54) is 13.1 Å². The summed E-state index contributed by atoms with van der Waals surface area (Å²) in [4.78, 5) is 16.1. The topological polar surface area (TPSA) is 33.2 Å². The largest absolute Gasteiger partial charge is 0.418 e. The van der Waals surface area contributed by atoms with E-state index in [0.717, 1.165) is 6.07 Å². The first kappa shape index (κ1) is 15.9. The van der Waals surface area contributed by atoms with Crippen LogP contribution in [-0.2, 0) is 12.7 Å². The van der Waals surface area contributed by atoms with Crippen LogP contribution < -0.4 is 0 Å². The van der Waals surface area contributed by atoms with E-state index in [-0.39, 0.29) is 12.8 Å². The fraction of sp³-hybridized carbons (Fsp3) is 0.571. The Morgan fingerprint density at radius 3 is 2.52 bits per heavy atom. The van der Waals surface area contributed by atoms with Crippen molar-refractivity contribution in [3.8, 4) is 0 Å². The van der Waals surface area contributed by atoms with Crippen LogP contribution in [0.3, 0.4) is 0 Å². The van der Waals surface area contributed by atoms with E-state index in [1.54, 1.807) is 0 Å². The monoisotopic (exact) mass is 304 g/mol. The molecule has 1 aliphatic heterocycles. The molecule has 1 aromatic rings. The van der Waals surface area contributed by atoms with E-state index < -0.39 is 23.1 Å². The van der Waals surface area contributed by atoms with Crippen molar-refractivity contribution in [1.29, 1.82) is 0 Å². The zero-order valence-electron chi connectivity index (χ0n) is 11.6. The van der Waals surface area contributed by atoms with Crippen LogP contribution in [0.15, 0.2) is 12.3 Å². The number of carbonyl (C=O) groups excluding carboxylic acids is 1. The van der Waals surface area contributed by atoms with Crippen molar-refractivity contribution in [3.05, 3.63) is 29.1 Å². The first-order valence-corrected chi connectivity index (χ1v) is 6.64. The number of aldehydes is 1. The number of likely N-dealkylation sites (tertiary alicyclic amines) is 1. The number of alkyl halides is 4. The molecule has 116 valence electrons. The molecule has 0 aliphatic carbocycles. The minimum atomic E-state index is -4.61.